The van der Waals surface area contributed by atoms with Crippen LogP contribution in [0.5, 0.6) is 0 Å². The lowest BCUT2D eigenvalue weighted by Crippen LogP contribution is -2.44. The van der Waals surface area contributed by atoms with Crippen LogP contribution in [0.25, 0.3) is 0 Å². The van der Waals surface area contributed by atoms with Crippen LogP contribution >= 0.6 is 0 Å². The van der Waals surface area contributed by atoms with Crippen LogP contribution in [0.4, 0.5) is 0 Å². The van der Waals surface area contributed by atoms with Gasteiger partial charge >= 0.3 is 5.97 Å². The second-order valence-electron chi connectivity index (χ2n) is 5.45. The molecular formula is C13H19NO4S. The highest BCUT2D eigenvalue weighted by molar-refractivity contribution is 7.89. The minimum absolute atomic E-state index is 0.134. The highest BCUT2D eigenvalue weighted by Crippen LogP contribution is 2.23. The number of hydrogen-bond acceptors (Lipinski definition) is 3. The Hall–Kier alpha value is -1.40. The molecular weight excluding hydrogens is 266 g/mol. The molecule has 0 radical (unpaired) electrons. The topological polar surface area (TPSA) is 83.5 Å². The van der Waals surface area contributed by atoms with Crippen molar-refractivity contribution in [3.8, 4) is 0 Å². The van der Waals surface area contributed by atoms with Crippen LogP contribution in [-0.4, -0.2) is 25.5 Å². The third-order valence-electron chi connectivity index (χ3n) is 2.78. The fraction of sp³-hybridized carbons (Fsp3) is 0.462. The summed E-state index contributed by atoms with van der Waals surface area (Å²) < 4.78 is 26.8. The molecule has 0 aliphatic heterocycles. The monoisotopic (exact) mass is 285 g/mol. The molecule has 19 heavy (non-hydrogen) atoms. The lowest BCUT2D eigenvalue weighted by molar-refractivity contribution is -0.138. The molecule has 2 N–H and O–H groups in total. The number of benzene rings is 1. The summed E-state index contributed by atoms with van der Waals surface area (Å²) >= 11 is 0. The average Bonchev–Trinajstić information content (AvgIpc) is 2.27. The first-order chi connectivity index (χ1) is 8.63. The lowest BCUT2D eigenvalue weighted by Gasteiger charge is -2.30. The van der Waals surface area contributed by atoms with Crippen LogP contribution in [0.3, 0.4) is 0 Å². The Kier molecular flexibility index (Phi) is 4.70. The second-order valence-corrected chi connectivity index (χ2v) is 7.16. The third kappa shape index (κ3) is 4.65. The molecule has 0 aliphatic rings. The molecule has 0 amide bonds. The van der Waals surface area contributed by atoms with E-state index in [1.54, 1.807) is 39.0 Å². The molecule has 0 fully saturated rings. The van der Waals surface area contributed by atoms with Crippen molar-refractivity contribution in [2.75, 3.05) is 0 Å². The Morgan fingerprint density at radius 2 is 1.79 bits per heavy atom. The summed E-state index contributed by atoms with van der Waals surface area (Å²) in [5.41, 5.74) is -0.486. The van der Waals surface area contributed by atoms with Gasteiger partial charge in [0.15, 0.2) is 0 Å². The number of carboxylic acid groups (broad SMARTS) is 1. The number of sulfonamides is 1. The van der Waals surface area contributed by atoms with Gasteiger partial charge in [0, 0.05) is 6.04 Å². The molecule has 0 aliphatic carbocycles. The number of carboxylic acids is 1. The van der Waals surface area contributed by atoms with Crippen LogP contribution in [-0.2, 0) is 14.8 Å². The number of aliphatic carboxylic acids is 1. The zero-order valence-electron chi connectivity index (χ0n) is 11.3. The lowest BCUT2D eigenvalue weighted by atomic mass is 9.85. The van der Waals surface area contributed by atoms with E-state index in [0.717, 1.165) is 0 Å². The molecule has 0 aromatic heterocycles. The van der Waals surface area contributed by atoms with Crippen LogP contribution in [0, 0.1) is 5.41 Å². The quantitative estimate of drug-likeness (QED) is 0.865. The van der Waals surface area contributed by atoms with Gasteiger partial charge < -0.3 is 5.11 Å². The van der Waals surface area contributed by atoms with Crippen LogP contribution in [0.1, 0.15) is 27.2 Å². The van der Waals surface area contributed by atoms with Gasteiger partial charge in [-0.2, -0.15) is 0 Å². The molecule has 0 heterocycles. The number of nitrogens with one attached hydrogen (secondary N) is 1. The van der Waals surface area contributed by atoms with Crippen molar-refractivity contribution in [1.82, 2.24) is 4.72 Å². The van der Waals surface area contributed by atoms with Crippen LogP contribution in [0.2, 0.25) is 0 Å². The fourth-order valence-corrected chi connectivity index (χ4v) is 3.02. The predicted octanol–water partition coefficient (Wildman–Crippen LogP) is 1.85. The molecule has 1 rings (SSSR count). The molecule has 1 aromatic rings. The summed E-state index contributed by atoms with van der Waals surface area (Å²) in [6, 6.07) is 7.24. The van der Waals surface area contributed by atoms with Crippen molar-refractivity contribution >= 4 is 16.0 Å². The van der Waals surface area contributed by atoms with E-state index in [2.05, 4.69) is 4.72 Å². The van der Waals surface area contributed by atoms with E-state index < -0.39 is 27.4 Å². The van der Waals surface area contributed by atoms with Crippen molar-refractivity contribution in [3.05, 3.63) is 30.3 Å². The first-order valence-corrected chi connectivity index (χ1v) is 7.40. The maximum Gasteiger partial charge on any atom is 0.304 e. The van der Waals surface area contributed by atoms with E-state index >= 15 is 0 Å². The smallest absolute Gasteiger partial charge is 0.304 e. The summed E-state index contributed by atoms with van der Waals surface area (Å²) in [5.74, 6) is -1.03. The summed E-state index contributed by atoms with van der Waals surface area (Å²) in [7, 11) is -3.70. The zero-order valence-corrected chi connectivity index (χ0v) is 12.1. The Labute approximate surface area is 113 Å². The normalized spacial score (nSPS) is 14.1. The molecule has 0 bridgehead atoms. The van der Waals surface area contributed by atoms with E-state index in [1.165, 1.54) is 12.1 Å². The van der Waals surface area contributed by atoms with Gasteiger partial charge in [-0.15, -0.1) is 0 Å². The zero-order chi connectivity index (χ0) is 14.7. The Morgan fingerprint density at radius 1 is 1.26 bits per heavy atom. The van der Waals surface area contributed by atoms with Gasteiger partial charge in [-0.05, 0) is 17.5 Å². The number of hydrogen-bond donors (Lipinski definition) is 2. The Morgan fingerprint density at radius 3 is 2.21 bits per heavy atom. The summed E-state index contributed by atoms with van der Waals surface area (Å²) in [6.07, 6.45) is -0.254. The maximum atomic E-state index is 12.2. The summed E-state index contributed by atoms with van der Waals surface area (Å²) in [6.45, 7) is 5.40. The van der Waals surface area contributed by atoms with E-state index in [0.29, 0.717) is 0 Å². The predicted molar refractivity (Wildman–Crippen MR) is 72.3 cm³/mol. The maximum absolute atomic E-state index is 12.2. The third-order valence-corrected chi connectivity index (χ3v) is 4.26. The molecule has 1 aromatic carbocycles. The first-order valence-electron chi connectivity index (χ1n) is 5.92. The average molecular weight is 285 g/mol. The standard InChI is InChI=1S/C13H19NO4S/c1-13(2,3)11(9-12(15)16)14-19(17,18)10-7-5-4-6-8-10/h4-8,11,14H,9H2,1-3H3,(H,15,16). The largest absolute Gasteiger partial charge is 0.481 e. The van der Waals surface area contributed by atoms with Crippen molar-refractivity contribution in [3.63, 3.8) is 0 Å². The van der Waals surface area contributed by atoms with Crippen LogP contribution in [0.15, 0.2) is 35.2 Å². The van der Waals surface area contributed by atoms with Crippen molar-refractivity contribution in [1.29, 1.82) is 0 Å². The molecule has 0 saturated heterocycles. The molecule has 1 atom stereocenters. The van der Waals surface area contributed by atoms with Crippen molar-refractivity contribution in [2.45, 2.75) is 38.1 Å². The molecule has 0 spiro atoms. The summed E-state index contributed by atoms with van der Waals surface area (Å²) in [4.78, 5) is 11.0. The molecule has 5 nitrogen and oxygen atoms in total. The van der Waals surface area contributed by atoms with E-state index in [1.807, 2.05) is 0 Å². The minimum atomic E-state index is -3.70. The summed E-state index contributed by atoms with van der Waals surface area (Å²) in [5, 5.41) is 8.88. The van der Waals surface area contributed by atoms with Crippen molar-refractivity contribution < 1.29 is 18.3 Å². The first kappa shape index (κ1) is 15.7. The fourth-order valence-electron chi connectivity index (χ4n) is 1.55. The van der Waals surface area contributed by atoms with Gasteiger partial charge in [0.05, 0.1) is 11.3 Å². The SMILES string of the molecule is CC(C)(C)C(CC(=O)O)NS(=O)(=O)c1ccccc1. The molecule has 106 valence electrons. The Balaban J connectivity index is 3.00. The van der Waals surface area contributed by atoms with Gasteiger partial charge in [-0.3, -0.25) is 4.79 Å². The van der Waals surface area contributed by atoms with Gasteiger partial charge in [-0.25, -0.2) is 13.1 Å². The van der Waals surface area contributed by atoms with E-state index in [4.69, 9.17) is 5.11 Å². The second kappa shape index (κ2) is 5.71. The van der Waals surface area contributed by atoms with E-state index in [-0.39, 0.29) is 11.3 Å². The number of carbonyl (C=O) groups is 1. The van der Waals surface area contributed by atoms with Crippen LogP contribution < -0.4 is 4.72 Å². The van der Waals surface area contributed by atoms with Gasteiger partial charge in [0.2, 0.25) is 10.0 Å². The molecule has 6 heteroatoms. The number of rotatable bonds is 5. The molecule has 1 unspecified atom stereocenters. The highest BCUT2D eigenvalue weighted by atomic mass is 32.2. The van der Waals surface area contributed by atoms with Gasteiger partial charge in [-0.1, -0.05) is 39.0 Å². The Bertz CT molecular complexity index is 532. The van der Waals surface area contributed by atoms with Crippen molar-refractivity contribution in [2.24, 2.45) is 5.41 Å². The minimum Gasteiger partial charge on any atom is -0.481 e. The highest BCUT2D eigenvalue weighted by Gasteiger charge is 2.31. The molecule has 0 saturated carbocycles. The van der Waals surface area contributed by atoms with Gasteiger partial charge in [0.25, 0.3) is 0 Å². The van der Waals surface area contributed by atoms with E-state index in [9.17, 15) is 13.2 Å². The van der Waals surface area contributed by atoms with Gasteiger partial charge in [0.1, 0.15) is 0 Å².